The lowest BCUT2D eigenvalue weighted by molar-refractivity contribution is 0.881. The summed E-state index contributed by atoms with van der Waals surface area (Å²) in [5.41, 5.74) is 2.21. The van der Waals surface area contributed by atoms with Crippen LogP contribution in [0.15, 0.2) is 24.3 Å². The van der Waals surface area contributed by atoms with E-state index in [9.17, 15) is 0 Å². The van der Waals surface area contributed by atoms with Crippen molar-refractivity contribution in [3.8, 4) is 11.4 Å². The molecular weight excluding hydrogens is 200 g/mol. The molecule has 0 aliphatic rings. The monoisotopic (exact) mass is 222 g/mol. The van der Waals surface area contributed by atoms with Crippen molar-refractivity contribution in [3.63, 3.8) is 0 Å². The molecule has 90 valence electrons. The second kappa shape index (κ2) is 8.59. The van der Waals surface area contributed by atoms with Crippen LogP contribution in [0, 0.1) is 6.92 Å². The molecule has 4 heteroatoms. The number of nitrogens with one attached hydrogen (secondary N) is 1. The molecule has 0 unspecified atom stereocenters. The molecule has 0 spiro atoms. The molecule has 0 atom stereocenters. The molecule has 0 bridgehead atoms. The highest BCUT2D eigenvalue weighted by Crippen LogP contribution is 2.12. The van der Waals surface area contributed by atoms with Crippen LogP contribution in [-0.2, 0) is 0 Å². The standard InChI is InChI=1S/C8H8N4.2C2H6.H2/c1-6-2-4-7(5-3-6)8-9-11-12-10-8;2*1-2;/h2-5H,1H3,(H,9,10,11,12);2*1-2H3;1H. The van der Waals surface area contributed by atoms with Gasteiger partial charge in [-0.05, 0) is 12.1 Å². The molecule has 0 saturated carbocycles. The Balaban J connectivity index is 0. The van der Waals surface area contributed by atoms with Crippen LogP contribution in [-0.4, -0.2) is 20.6 Å². The molecule has 0 amide bonds. The lowest BCUT2D eigenvalue weighted by Gasteiger charge is -1.93. The van der Waals surface area contributed by atoms with Gasteiger partial charge < -0.3 is 0 Å². The minimum atomic E-state index is 0. The van der Waals surface area contributed by atoms with Crippen molar-refractivity contribution >= 4 is 0 Å². The maximum absolute atomic E-state index is 3.87. The highest BCUT2D eigenvalue weighted by atomic mass is 15.5. The first-order chi connectivity index (χ1) is 7.86. The Labute approximate surface area is 98.6 Å². The SMILES string of the molecule is CC.CC.Cc1ccc(-c2nn[nH]n2)cc1.[HH]. The summed E-state index contributed by atoms with van der Waals surface area (Å²) in [6, 6.07) is 7.98. The van der Waals surface area contributed by atoms with Gasteiger partial charge in [0.1, 0.15) is 0 Å². The minimum absolute atomic E-state index is 0. The Morgan fingerprint density at radius 2 is 1.56 bits per heavy atom. The van der Waals surface area contributed by atoms with Crippen LogP contribution in [0.2, 0.25) is 0 Å². The normalized spacial score (nSPS) is 8.31. The quantitative estimate of drug-likeness (QED) is 0.803. The highest BCUT2D eigenvalue weighted by molar-refractivity contribution is 5.53. The molecule has 0 fully saturated rings. The summed E-state index contributed by atoms with van der Waals surface area (Å²) in [5.74, 6) is 0.634. The third-order valence-corrected chi connectivity index (χ3v) is 1.66. The third-order valence-electron chi connectivity index (χ3n) is 1.66. The molecule has 0 aliphatic carbocycles. The van der Waals surface area contributed by atoms with Crippen LogP contribution < -0.4 is 0 Å². The maximum Gasteiger partial charge on any atom is 0.204 e. The molecule has 2 aromatic rings. The third kappa shape index (κ3) is 4.21. The molecule has 2 rings (SSSR count). The van der Waals surface area contributed by atoms with Crippen molar-refractivity contribution in [2.24, 2.45) is 0 Å². The summed E-state index contributed by atoms with van der Waals surface area (Å²) < 4.78 is 0. The highest BCUT2D eigenvalue weighted by Gasteiger charge is 1.99. The Kier molecular flexibility index (Phi) is 7.67. The summed E-state index contributed by atoms with van der Waals surface area (Å²) in [7, 11) is 0. The number of aromatic nitrogens is 4. The van der Waals surface area contributed by atoms with Crippen LogP contribution in [0.1, 0.15) is 34.7 Å². The van der Waals surface area contributed by atoms with Gasteiger partial charge in [0.2, 0.25) is 5.82 Å². The van der Waals surface area contributed by atoms with E-state index in [0.29, 0.717) is 5.82 Å². The lowest BCUT2D eigenvalue weighted by atomic mass is 10.1. The number of hydrogen-bond donors (Lipinski definition) is 1. The van der Waals surface area contributed by atoms with Gasteiger partial charge in [0.15, 0.2) is 0 Å². The van der Waals surface area contributed by atoms with Crippen molar-refractivity contribution in [2.75, 3.05) is 0 Å². The first-order valence-electron chi connectivity index (χ1n) is 5.67. The maximum atomic E-state index is 3.87. The number of aromatic amines is 1. The average Bonchev–Trinajstić information content (AvgIpc) is 2.89. The summed E-state index contributed by atoms with van der Waals surface area (Å²) in [6.45, 7) is 10.0. The van der Waals surface area contributed by atoms with E-state index in [1.807, 2.05) is 58.9 Å². The molecule has 1 heterocycles. The van der Waals surface area contributed by atoms with E-state index < -0.39 is 0 Å². The first kappa shape index (κ1) is 14.3. The fourth-order valence-corrected chi connectivity index (χ4v) is 0.987. The van der Waals surface area contributed by atoms with Gasteiger partial charge in [-0.3, -0.25) is 0 Å². The molecule has 1 aromatic carbocycles. The molecule has 0 aliphatic heterocycles. The van der Waals surface area contributed by atoms with Gasteiger partial charge in [-0.2, -0.15) is 5.21 Å². The van der Waals surface area contributed by atoms with E-state index in [1.54, 1.807) is 0 Å². The van der Waals surface area contributed by atoms with E-state index in [0.717, 1.165) is 5.56 Å². The molecule has 0 radical (unpaired) electrons. The van der Waals surface area contributed by atoms with Crippen molar-refractivity contribution in [1.29, 1.82) is 0 Å². The Bertz CT molecular complexity index is 357. The number of hydrogen-bond acceptors (Lipinski definition) is 3. The van der Waals surface area contributed by atoms with Gasteiger partial charge in [-0.1, -0.05) is 57.5 Å². The number of rotatable bonds is 1. The fraction of sp³-hybridized carbons (Fsp3) is 0.417. The zero-order valence-corrected chi connectivity index (χ0v) is 10.7. The summed E-state index contributed by atoms with van der Waals surface area (Å²) in [6.07, 6.45) is 0. The Morgan fingerprint density at radius 1 is 1.00 bits per heavy atom. The van der Waals surface area contributed by atoms with Gasteiger partial charge >= 0.3 is 0 Å². The molecular formula is C12H22N4. The van der Waals surface area contributed by atoms with Gasteiger partial charge in [0.25, 0.3) is 0 Å². The van der Waals surface area contributed by atoms with Crippen molar-refractivity contribution in [3.05, 3.63) is 29.8 Å². The first-order valence-corrected chi connectivity index (χ1v) is 5.67. The predicted octanol–water partition coefficient (Wildman–Crippen LogP) is 3.47. The zero-order valence-electron chi connectivity index (χ0n) is 10.7. The molecule has 4 nitrogen and oxygen atoms in total. The Morgan fingerprint density at radius 3 is 2.00 bits per heavy atom. The fourth-order valence-electron chi connectivity index (χ4n) is 0.987. The largest absolute Gasteiger partial charge is 0.204 e. The molecule has 0 saturated heterocycles. The van der Waals surface area contributed by atoms with E-state index in [-0.39, 0.29) is 1.43 Å². The minimum Gasteiger partial charge on any atom is -0.177 e. The molecule has 1 aromatic heterocycles. The number of H-pyrrole nitrogens is 1. The topological polar surface area (TPSA) is 54.5 Å². The van der Waals surface area contributed by atoms with Gasteiger partial charge in [0.05, 0.1) is 0 Å². The zero-order chi connectivity index (χ0) is 12.4. The number of aryl methyl sites for hydroxylation is 1. The van der Waals surface area contributed by atoms with Crippen molar-refractivity contribution < 1.29 is 1.43 Å². The summed E-state index contributed by atoms with van der Waals surface area (Å²) in [5, 5.41) is 13.6. The van der Waals surface area contributed by atoms with Gasteiger partial charge in [-0.25, -0.2) is 0 Å². The van der Waals surface area contributed by atoms with Crippen molar-refractivity contribution in [2.45, 2.75) is 34.6 Å². The number of nitrogens with zero attached hydrogens (tertiary/aromatic N) is 3. The Hall–Kier alpha value is -1.71. The van der Waals surface area contributed by atoms with E-state index in [1.165, 1.54) is 5.56 Å². The van der Waals surface area contributed by atoms with E-state index in [4.69, 9.17) is 0 Å². The summed E-state index contributed by atoms with van der Waals surface area (Å²) in [4.78, 5) is 0. The predicted molar refractivity (Wildman–Crippen MR) is 69.2 cm³/mol. The molecule has 16 heavy (non-hydrogen) atoms. The van der Waals surface area contributed by atoms with Crippen LogP contribution in [0.4, 0.5) is 0 Å². The smallest absolute Gasteiger partial charge is 0.177 e. The van der Waals surface area contributed by atoms with Crippen LogP contribution in [0.25, 0.3) is 11.4 Å². The molecule has 1 N–H and O–H groups in total. The average molecular weight is 222 g/mol. The van der Waals surface area contributed by atoms with Crippen LogP contribution >= 0.6 is 0 Å². The van der Waals surface area contributed by atoms with Crippen molar-refractivity contribution in [1.82, 2.24) is 20.6 Å². The number of tetrazole rings is 1. The van der Waals surface area contributed by atoms with E-state index >= 15 is 0 Å². The number of benzene rings is 1. The lowest BCUT2D eigenvalue weighted by Crippen LogP contribution is -1.80. The van der Waals surface area contributed by atoms with Gasteiger partial charge in [0, 0.05) is 6.99 Å². The summed E-state index contributed by atoms with van der Waals surface area (Å²) >= 11 is 0. The second-order valence-electron chi connectivity index (χ2n) is 2.60. The second-order valence-corrected chi connectivity index (χ2v) is 2.60. The van der Waals surface area contributed by atoms with E-state index in [2.05, 4.69) is 20.6 Å². The van der Waals surface area contributed by atoms with Crippen LogP contribution in [0.3, 0.4) is 0 Å². The van der Waals surface area contributed by atoms with Crippen LogP contribution in [0.5, 0.6) is 0 Å². The van der Waals surface area contributed by atoms with Gasteiger partial charge in [-0.15, -0.1) is 10.2 Å².